The molecule has 0 aliphatic carbocycles. The number of carbonyl (C=O) groups is 2. The number of benzene rings is 1. The average Bonchev–Trinajstić information content (AvgIpc) is 3.19. The number of nitrogens with zero attached hydrogens (tertiary/aromatic N) is 1. The lowest BCUT2D eigenvalue weighted by Crippen LogP contribution is -2.43. The molecule has 1 saturated heterocycles. The van der Waals surface area contributed by atoms with Gasteiger partial charge in [0.15, 0.2) is 0 Å². The Labute approximate surface area is 163 Å². The van der Waals surface area contributed by atoms with Crippen LogP contribution >= 0.6 is 11.6 Å². The minimum absolute atomic E-state index is 0.300. The molecule has 2 heterocycles. The molecule has 0 saturated carbocycles. The van der Waals surface area contributed by atoms with Crippen LogP contribution < -0.4 is 10.6 Å². The molecule has 1 aromatic heterocycles. The lowest BCUT2D eigenvalue weighted by atomic mass is 9.96. The van der Waals surface area contributed by atoms with E-state index in [0.29, 0.717) is 24.0 Å². The molecule has 0 radical (unpaired) electrons. The van der Waals surface area contributed by atoms with Crippen molar-refractivity contribution in [2.24, 2.45) is 5.92 Å². The van der Waals surface area contributed by atoms with E-state index >= 15 is 0 Å². The smallest absolute Gasteiger partial charge is 0.309 e. The van der Waals surface area contributed by atoms with Crippen molar-refractivity contribution < 1.29 is 14.0 Å². The maximum atomic E-state index is 12.0. The Balaban J connectivity index is 1.33. The van der Waals surface area contributed by atoms with Gasteiger partial charge in [-0.2, -0.15) is 0 Å². The molecular formula is C20H24ClN3O3. The molecule has 1 aliphatic rings. The van der Waals surface area contributed by atoms with Crippen LogP contribution in [0, 0.1) is 5.92 Å². The number of amides is 2. The van der Waals surface area contributed by atoms with Crippen LogP contribution in [0.5, 0.6) is 0 Å². The summed E-state index contributed by atoms with van der Waals surface area (Å²) < 4.78 is 5.38. The number of hydrogen-bond acceptors (Lipinski definition) is 4. The van der Waals surface area contributed by atoms with E-state index < -0.39 is 11.8 Å². The lowest BCUT2D eigenvalue weighted by Gasteiger charge is -2.31. The highest BCUT2D eigenvalue weighted by atomic mass is 35.5. The monoisotopic (exact) mass is 389 g/mol. The third-order valence-electron chi connectivity index (χ3n) is 4.79. The van der Waals surface area contributed by atoms with E-state index in [0.717, 1.165) is 43.8 Å². The van der Waals surface area contributed by atoms with Gasteiger partial charge in [-0.05, 0) is 61.7 Å². The van der Waals surface area contributed by atoms with Crippen molar-refractivity contribution in [3.05, 3.63) is 59.0 Å². The van der Waals surface area contributed by atoms with Crippen molar-refractivity contribution in [3.63, 3.8) is 0 Å². The lowest BCUT2D eigenvalue weighted by molar-refractivity contribution is -0.139. The highest BCUT2D eigenvalue weighted by molar-refractivity contribution is 6.35. The number of halogens is 1. The maximum absolute atomic E-state index is 12.0. The van der Waals surface area contributed by atoms with Crippen LogP contribution in [0.3, 0.4) is 0 Å². The molecule has 2 N–H and O–H groups in total. The molecule has 2 aromatic rings. The first-order chi connectivity index (χ1) is 13.1. The molecule has 1 aliphatic heterocycles. The first-order valence-corrected chi connectivity index (χ1v) is 9.53. The van der Waals surface area contributed by atoms with Crippen LogP contribution in [-0.2, 0) is 22.7 Å². The summed E-state index contributed by atoms with van der Waals surface area (Å²) in [4.78, 5) is 26.2. The summed E-state index contributed by atoms with van der Waals surface area (Å²) >= 11 is 5.82. The molecule has 0 atom stereocenters. The van der Waals surface area contributed by atoms with E-state index in [-0.39, 0.29) is 0 Å². The van der Waals surface area contributed by atoms with Crippen LogP contribution in [-0.4, -0.2) is 36.3 Å². The minimum Gasteiger partial charge on any atom is -0.468 e. The summed E-state index contributed by atoms with van der Waals surface area (Å²) in [6.45, 7) is 3.57. The van der Waals surface area contributed by atoms with Crippen molar-refractivity contribution >= 4 is 23.4 Å². The second-order valence-electron chi connectivity index (χ2n) is 6.82. The predicted molar refractivity (Wildman–Crippen MR) is 103 cm³/mol. The van der Waals surface area contributed by atoms with Gasteiger partial charge < -0.3 is 15.1 Å². The third kappa shape index (κ3) is 6.12. The second-order valence-corrected chi connectivity index (χ2v) is 7.25. The van der Waals surface area contributed by atoms with Gasteiger partial charge in [0, 0.05) is 18.1 Å². The van der Waals surface area contributed by atoms with E-state index in [4.69, 9.17) is 16.0 Å². The van der Waals surface area contributed by atoms with Crippen molar-refractivity contribution in [1.82, 2.24) is 15.5 Å². The Bertz CT molecular complexity index is 738. The normalized spacial score (nSPS) is 15.4. The standard InChI is InChI=1S/C20H24ClN3O3/c21-17-5-3-15(4-6-17)12-22-19(25)20(26)23-13-16-7-9-24(10-8-16)14-18-2-1-11-27-18/h1-6,11,16H,7-10,12-14H2,(H,22,25)(H,23,26). The second kappa shape index (κ2) is 9.58. The number of carbonyl (C=O) groups excluding carboxylic acids is 2. The fourth-order valence-electron chi connectivity index (χ4n) is 3.15. The largest absolute Gasteiger partial charge is 0.468 e. The topological polar surface area (TPSA) is 74.6 Å². The fourth-order valence-corrected chi connectivity index (χ4v) is 3.28. The van der Waals surface area contributed by atoms with Gasteiger partial charge in [0.1, 0.15) is 5.76 Å². The molecular weight excluding hydrogens is 366 g/mol. The first kappa shape index (κ1) is 19.5. The van der Waals surface area contributed by atoms with E-state index in [2.05, 4.69) is 15.5 Å². The molecule has 3 rings (SSSR count). The van der Waals surface area contributed by atoms with Gasteiger partial charge in [-0.15, -0.1) is 0 Å². The maximum Gasteiger partial charge on any atom is 0.309 e. The SMILES string of the molecule is O=C(NCc1ccc(Cl)cc1)C(=O)NCC1CCN(Cc2ccco2)CC1. The number of rotatable bonds is 6. The van der Waals surface area contributed by atoms with Gasteiger partial charge >= 0.3 is 11.8 Å². The van der Waals surface area contributed by atoms with E-state index in [1.807, 2.05) is 24.3 Å². The van der Waals surface area contributed by atoms with Crippen molar-refractivity contribution in [3.8, 4) is 0 Å². The number of nitrogens with one attached hydrogen (secondary N) is 2. The average molecular weight is 390 g/mol. The highest BCUT2D eigenvalue weighted by Crippen LogP contribution is 2.18. The first-order valence-electron chi connectivity index (χ1n) is 9.15. The molecule has 144 valence electrons. The summed E-state index contributed by atoms with van der Waals surface area (Å²) in [5.74, 6) is 0.173. The van der Waals surface area contributed by atoms with Crippen molar-refractivity contribution in [1.29, 1.82) is 0 Å². The third-order valence-corrected chi connectivity index (χ3v) is 5.04. The number of furan rings is 1. The van der Waals surface area contributed by atoms with E-state index in [9.17, 15) is 9.59 Å². The zero-order chi connectivity index (χ0) is 19.1. The Morgan fingerprint density at radius 2 is 1.78 bits per heavy atom. The van der Waals surface area contributed by atoms with E-state index in [1.165, 1.54) is 0 Å². The highest BCUT2D eigenvalue weighted by Gasteiger charge is 2.21. The Kier molecular flexibility index (Phi) is 6.90. The fraction of sp³-hybridized carbons (Fsp3) is 0.400. The molecule has 0 spiro atoms. The van der Waals surface area contributed by atoms with Gasteiger partial charge in [0.2, 0.25) is 0 Å². The number of piperidine rings is 1. The molecule has 0 unspecified atom stereocenters. The Morgan fingerprint density at radius 3 is 2.44 bits per heavy atom. The van der Waals surface area contributed by atoms with E-state index in [1.54, 1.807) is 18.4 Å². The zero-order valence-corrected chi connectivity index (χ0v) is 15.9. The molecule has 6 nitrogen and oxygen atoms in total. The van der Waals surface area contributed by atoms with Crippen LogP contribution in [0.2, 0.25) is 5.02 Å². The van der Waals surface area contributed by atoms with Gasteiger partial charge in [0.05, 0.1) is 12.8 Å². The van der Waals surface area contributed by atoms with Gasteiger partial charge in [-0.3, -0.25) is 14.5 Å². The van der Waals surface area contributed by atoms with Crippen LogP contribution in [0.15, 0.2) is 47.1 Å². The summed E-state index contributed by atoms with van der Waals surface area (Å²) in [6.07, 6.45) is 3.68. The van der Waals surface area contributed by atoms with Crippen LogP contribution in [0.1, 0.15) is 24.2 Å². The number of hydrogen-bond donors (Lipinski definition) is 2. The molecule has 2 amide bonds. The molecule has 1 aromatic carbocycles. The molecule has 1 fully saturated rings. The zero-order valence-electron chi connectivity index (χ0n) is 15.1. The van der Waals surface area contributed by atoms with Gasteiger partial charge in [-0.25, -0.2) is 0 Å². The molecule has 0 bridgehead atoms. The van der Waals surface area contributed by atoms with Gasteiger partial charge in [-0.1, -0.05) is 23.7 Å². The minimum atomic E-state index is -0.611. The molecule has 7 heteroatoms. The predicted octanol–water partition coefficient (Wildman–Crippen LogP) is 2.58. The summed E-state index contributed by atoms with van der Waals surface area (Å²) in [5.41, 5.74) is 0.893. The van der Waals surface area contributed by atoms with Gasteiger partial charge in [0.25, 0.3) is 0 Å². The van der Waals surface area contributed by atoms with Crippen LogP contribution in [0.25, 0.3) is 0 Å². The molecule has 27 heavy (non-hydrogen) atoms. The Hall–Kier alpha value is -2.31. The van der Waals surface area contributed by atoms with Crippen molar-refractivity contribution in [2.45, 2.75) is 25.9 Å². The summed E-state index contributed by atoms with van der Waals surface area (Å²) in [5, 5.41) is 6.01. The Morgan fingerprint density at radius 1 is 1.07 bits per heavy atom. The summed E-state index contributed by atoms with van der Waals surface area (Å²) in [6, 6.07) is 11.0. The quantitative estimate of drug-likeness (QED) is 0.745. The summed E-state index contributed by atoms with van der Waals surface area (Å²) in [7, 11) is 0. The van der Waals surface area contributed by atoms with Crippen molar-refractivity contribution in [2.75, 3.05) is 19.6 Å². The number of likely N-dealkylation sites (tertiary alicyclic amines) is 1. The van der Waals surface area contributed by atoms with Crippen LogP contribution in [0.4, 0.5) is 0 Å².